The Labute approximate surface area is 100 Å². The fraction of sp³-hybridized carbons (Fsp3) is 0. The molecule has 0 aliphatic rings. The minimum atomic E-state index is -0.555. The lowest BCUT2D eigenvalue weighted by Crippen LogP contribution is -1.91. The highest BCUT2D eigenvalue weighted by atomic mass is 35.5. The molecule has 1 N–H and O–H groups in total. The van der Waals surface area contributed by atoms with Crippen LogP contribution in [0.3, 0.4) is 0 Å². The van der Waals surface area contributed by atoms with Crippen molar-refractivity contribution in [1.29, 1.82) is 0 Å². The molecule has 3 rings (SSSR count). The number of H-pyrrole nitrogens is 1. The van der Waals surface area contributed by atoms with Crippen LogP contribution in [-0.2, 0) is 0 Å². The predicted octanol–water partition coefficient (Wildman–Crippen LogP) is 2.81. The van der Waals surface area contributed by atoms with Gasteiger partial charge in [0.2, 0.25) is 5.95 Å². The van der Waals surface area contributed by atoms with Gasteiger partial charge in [-0.3, -0.25) is 5.10 Å². The zero-order chi connectivity index (χ0) is 11.8. The maximum atomic E-state index is 13.1. The minimum absolute atomic E-state index is 0.308. The van der Waals surface area contributed by atoms with Crippen LogP contribution < -0.4 is 0 Å². The highest BCUT2D eigenvalue weighted by Crippen LogP contribution is 2.26. The molecular weight excluding hydrogens is 243 g/mol. The van der Waals surface area contributed by atoms with E-state index in [1.807, 2.05) is 0 Å². The molecule has 4 nitrogen and oxygen atoms in total. The molecule has 0 unspecified atom stereocenters. The molecule has 0 amide bonds. The monoisotopic (exact) mass is 248 g/mol. The van der Waals surface area contributed by atoms with Gasteiger partial charge < -0.3 is 0 Å². The van der Waals surface area contributed by atoms with Crippen LogP contribution in [-0.4, -0.2) is 20.2 Å². The molecule has 6 heteroatoms. The van der Waals surface area contributed by atoms with E-state index in [0.717, 1.165) is 10.9 Å². The summed E-state index contributed by atoms with van der Waals surface area (Å²) < 4.78 is 13.1. The average molecular weight is 249 g/mol. The first kappa shape index (κ1) is 10.2. The molecule has 0 spiro atoms. The average Bonchev–Trinajstić information content (AvgIpc) is 2.75. The molecule has 84 valence electrons. The van der Waals surface area contributed by atoms with Gasteiger partial charge in [0.15, 0.2) is 0 Å². The number of fused-ring (bicyclic) bond motifs is 1. The van der Waals surface area contributed by atoms with Crippen molar-refractivity contribution in [2.24, 2.45) is 0 Å². The van der Waals surface area contributed by atoms with Crippen molar-refractivity contribution in [3.05, 3.63) is 41.6 Å². The van der Waals surface area contributed by atoms with Crippen LogP contribution in [0.2, 0.25) is 5.15 Å². The Morgan fingerprint density at radius 1 is 1.24 bits per heavy atom. The highest BCUT2D eigenvalue weighted by Gasteiger charge is 2.10. The molecule has 17 heavy (non-hydrogen) atoms. The highest BCUT2D eigenvalue weighted by molar-refractivity contribution is 6.30. The predicted molar refractivity (Wildman–Crippen MR) is 62.1 cm³/mol. The Morgan fingerprint density at radius 2 is 2.12 bits per heavy atom. The van der Waals surface area contributed by atoms with Crippen LogP contribution in [0.25, 0.3) is 22.3 Å². The lowest BCUT2D eigenvalue weighted by atomic mass is 10.2. The molecular formula is C11H6ClFN4. The summed E-state index contributed by atoms with van der Waals surface area (Å²) in [6.07, 6.45) is 1.61. The van der Waals surface area contributed by atoms with Gasteiger partial charge in [-0.1, -0.05) is 17.7 Å². The fourth-order valence-corrected chi connectivity index (χ4v) is 1.84. The van der Waals surface area contributed by atoms with Crippen molar-refractivity contribution in [3.8, 4) is 11.4 Å². The second-order valence-corrected chi connectivity index (χ2v) is 3.86. The molecule has 0 saturated heterocycles. The van der Waals surface area contributed by atoms with E-state index in [9.17, 15) is 4.39 Å². The molecule has 0 aliphatic heterocycles. The van der Waals surface area contributed by atoms with Crippen LogP contribution in [0.4, 0.5) is 4.39 Å². The number of halogens is 2. The van der Waals surface area contributed by atoms with Crippen LogP contribution >= 0.6 is 11.6 Å². The standard InChI is InChI=1S/C11H6ClFN4/c12-9-4-8-6(5-14-17-8)11(16-9)7-2-1-3-10(13)15-7/h1-5H,(H,14,17). The van der Waals surface area contributed by atoms with Crippen LogP contribution in [0, 0.1) is 5.95 Å². The van der Waals surface area contributed by atoms with E-state index < -0.39 is 5.95 Å². The Balaban J connectivity index is 2.32. The molecule has 0 fully saturated rings. The zero-order valence-corrected chi connectivity index (χ0v) is 9.24. The van der Waals surface area contributed by atoms with Crippen molar-refractivity contribution >= 4 is 22.5 Å². The van der Waals surface area contributed by atoms with Gasteiger partial charge in [0.25, 0.3) is 0 Å². The molecule has 0 saturated carbocycles. The molecule has 0 bridgehead atoms. The lowest BCUT2D eigenvalue weighted by Gasteiger charge is -2.02. The first-order chi connectivity index (χ1) is 8.24. The van der Waals surface area contributed by atoms with Gasteiger partial charge in [-0.2, -0.15) is 9.49 Å². The van der Waals surface area contributed by atoms with E-state index in [0.29, 0.717) is 16.5 Å². The van der Waals surface area contributed by atoms with Gasteiger partial charge in [0.05, 0.1) is 17.4 Å². The number of nitrogens with zero attached hydrogens (tertiary/aromatic N) is 3. The molecule has 0 aliphatic carbocycles. The van der Waals surface area contributed by atoms with E-state index in [-0.39, 0.29) is 0 Å². The van der Waals surface area contributed by atoms with E-state index >= 15 is 0 Å². The summed E-state index contributed by atoms with van der Waals surface area (Å²) in [6.45, 7) is 0. The minimum Gasteiger partial charge on any atom is -0.278 e. The summed E-state index contributed by atoms with van der Waals surface area (Å²) in [5, 5.41) is 7.76. The van der Waals surface area contributed by atoms with Gasteiger partial charge in [0.1, 0.15) is 10.8 Å². The molecule has 3 heterocycles. The first-order valence-electron chi connectivity index (χ1n) is 4.86. The summed E-state index contributed by atoms with van der Waals surface area (Å²) in [7, 11) is 0. The Hall–Kier alpha value is -2.01. The maximum absolute atomic E-state index is 13.1. The van der Waals surface area contributed by atoms with E-state index in [4.69, 9.17) is 11.6 Å². The van der Waals surface area contributed by atoms with Gasteiger partial charge in [-0.15, -0.1) is 0 Å². The van der Waals surface area contributed by atoms with Crippen LogP contribution in [0.1, 0.15) is 0 Å². The third-order valence-corrected chi connectivity index (χ3v) is 2.56. The third kappa shape index (κ3) is 1.74. The summed E-state index contributed by atoms with van der Waals surface area (Å²) in [5.41, 5.74) is 1.69. The van der Waals surface area contributed by atoms with Crippen molar-refractivity contribution in [2.75, 3.05) is 0 Å². The van der Waals surface area contributed by atoms with E-state index in [1.54, 1.807) is 24.4 Å². The van der Waals surface area contributed by atoms with Gasteiger partial charge in [0, 0.05) is 11.5 Å². The van der Waals surface area contributed by atoms with Gasteiger partial charge >= 0.3 is 0 Å². The number of hydrogen-bond donors (Lipinski definition) is 1. The quantitative estimate of drug-likeness (QED) is 0.674. The van der Waals surface area contributed by atoms with E-state index in [2.05, 4.69) is 20.2 Å². The molecule has 3 aromatic heterocycles. The fourth-order valence-electron chi connectivity index (χ4n) is 1.65. The largest absolute Gasteiger partial charge is 0.278 e. The number of rotatable bonds is 1. The summed E-state index contributed by atoms with van der Waals surface area (Å²) in [4.78, 5) is 7.95. The SMILES string of the molecule is Fc1cccc(-c2nc(Cl)cc3[nH]ncc23)n1. The van der Waals surface area contributed by atoms with Gasteiger partial charge in [-0.25, -0.2) is 9.97 Å². The summed E-state index contributed by atoms with van der Waals surface area (Å²) in [6, 6.07) is 6.19. The molecule has 3 aromatic rings. The number of hydrogen-bond acceptors (Lipinski definition) is 3. The molecule has 0 radical (unpaired) electrons. The molecule has 0 atom stereocenters. The van der Waals surface area contributed by atoms with Crippen molar-refractivity contribution in [1.82, 2.24) is 20.2 Å². The zero-order valence-electron chi connectivity index (χ0n) is 8.48. The second kappa shape index (κ2) is 3.78. The van der Waals surface area contributed by atoms with E-state index in [1.165, 1.54) is 6.07 Å². The van der Waals surface area contributed by atoms with Crippen molar-refractivity contribution in [2.45, 2.75) is 0 Å². The van der Waals surface area contributed by atoms with Crippen molar-refractivity contribution < 1.29 is 4.39 Å². The van der Waals surface area contributed by atoms with Crippen LogP contribution in [0.5, 0.6) is 0 Å². The first-order valence-corrected chi connectivity index (χ1v) is 5.24. The Kier molecular flexibility index (Phi) is 2.26. The third-order valence-electron chi connectivity index (χ3n) is 2.36. The maximum Gasteiger partial charge on any atom is 0.213 e. The van der Waals surface area contributed by atoms with Crippen molar-refractivity contribution in [3.63, 3.8) is 0 Å². The Bertz CT molecular complexity index is 695. The van der Waals surface area contributed by atoms with Gasteiger partial charge in [-0.05, 0) is 12.1 Å². The smallest absolute Gasteiger partial charge is 0.213 e. The summed E-state index contributed by atoms with van der Waals surface area (Å²) >= 11 is 5.89. The topological polar surface area (TPSA) is 54.5 Å². The lowest BCUT2D eigenvalue weighted by molar-refractivity contribution is 0.585. The normalized spacial score (nSPS) is 10.9. The second-order valence-electron chi connectivity index (χ2n) is 3.47. The summed E-state index contributed by atoms with van der Waals surface area (Å²) in [5.74, 6) is -0.555. The number of nitrogens with one attached hydrogen (secondary N) is 1. The van der Waals surface area contributed by atoms with Crippen LogP contribution in [0.15, 0.2) is 30.5 Å². The Morgan fingerprint density at radius 3 is 2.94 bits per heavy atom. The number of aromatic nitrogens is 4. The number of aromatic amines is 1. The molecule has 0 aromatic carbocycles. The number of pyridine rings is 2.